The van der Waals surface area contributed by atoms with Gasteiger partial charge in [0.1, 0.15) is 16.7 Å². The largest absolute Gasteiger partial charge is 0.456 e. The molecule has 0 aliphatic rings. The Kier molecular flexibility index (Phi) is 6.86. The number of aromatic nitrogens is 4. The number of fused-ring (bicyclic) bond motifs is 9. The molecule has 0 aliphatic carbocycles. The third-order valence-corrected chi connectivity index (χ3v) is 11.3. The minimum absolute atomic E-state index is 0.702. The maximum absolute atomic E-state index is 6.40. The smallest absolute Gasteiger partial charge is 0.160 e. The van der Waals surface area contributed by atoms with E-state index in [4.69, 9.17) is 14.4 Å². The summed E-state index contributed by atoms with van der Waals surface area (Å²) in [5, 5.41) is 5.68. The highest BCUT2D eigenvalue weighted by Gasteiger charge is 2.22. The van der Waals surface area contributed by atoms with Crippen molar-refractivity contribution in [2.24, 2.45) is 0 Å². The summed E-state index contributed by atoms with van der Waals surface area (Å²) in [7, 11) is 0. The van der Waals surface area contributed by atoms with Gasteiger partial charge in [0.25, 0.3) is 0 Å². The number of rotatable bonds is 5. The van der Waals surface area contributed by atoms with Crippen molar-refractivity contribution in [3.05, 3.63) is 194 Å². The van der Waals surface area contributed by atoms with Gasteiger partial charge in [0.2, 0.25) is 0 Å². The molecule has 12 rings (SSSR count). The maximum atomic E-state index is 6.40. The number of furan rings is 1. The summed E-state index contributed by atoms with van der Waals surface area (Å²) in [4.78, 5) is 10.7. The molecular weight excluding hydrogens is 697 g/mol. The Morgan fingerprint density at radius 2 is 0.912 bits per heavy atom. The number of hydrogen-bond acceptors (Lipinski definition) is 3. The second-order valence-electron chi connectivity index (χ2n) is 14.6. The van der Waals surface area contributed by atoms with Gasteiger partial charge in [0, 0.05) is 55.5 Å². The van der Waals surface area contributed by atoms with E-state index in [1.54, 1.807) is 0 Å². The highest BCUT2D eigenvalue weighted by atomic mass is 16.3. The van der Waals surface area contributed by atoms with Gasteiger partial charge in [0.15, 0.2) is 5.82 Å². The summed E-state index contributed by atoms with van der Waals surface area (Å²) >= 11 is 0. The van der Waals surface area contributed by atoms with E-state index in [0.29, 0.717) is 5.82 Å². The van der Waals surface area contributed by atoms with Gasteiger partial charge >= 0.3 is 0 Å². The van der Waals surface area contributed by atoms with Crippen molar-refractivity contribution in [1.82, 2.24) is 19.1 Å². The van der Waals surface area contributed by atoms with Gasteiger partial charge in [-0.05, 0) is 71.8 Å². The first-order valence-corrected chi connectivity index (χ1v) is 19.2. The van der Waals surface area contributed by atoms with Gasteiger partial charge in [-0.1, -0.05) is 127 Å². The van der Waals surface area contributed by atoms with Gasteiger partial charge in [0.05, 0.1) is 27.8 Å². The van der Waals surface area contributed by atoms with Crippen molar-refractivity contribution in [2.75, 3.05) is 0 Å². The van der Waals surface area contributed by atoms with Crippen molar-refractivity contribution in [1.29, 1.82) is 0 Å². The Morgan fingerprint density at radius 3 is 1.61 bits per heavy atom. The van der Waals surface area contributed by atoms with Gasteiger partial charge in [-0.3, -0.25) is 0 Å². The predicted molar refractivity (Wildman–Crippen MR) is 234 cm³/mol. The molecule has 57 heavy (non-hydrogen) atoms. The zero-order valence-electron chi connectivity index (χ0n) is 30.7. The molecule has 0 fully saturated rings. The molecule has 0 radical (unpaired) electrons. The Hall–Kier alpha value is -7.76. The summed E-state index contributed by atoms with van der Waals surface area (Å²) < 4.78 is 11.1. The lowest BCUT2D eigenvalue weighted by Crippen LogP contribution is -1.99. The molecule has 12 aromatic rings. The van der Waals surface area contributed by atoms with Gasteiger partial charge in [-0.15, -0.1) is 0 Å². The van der Waals surface area contributed by atoms with Gasteiger partial charge < -0.3 is 13.6 Å². The summed E-state index contributed by atoms with van der Waals surface area (Å²) in [5.41, 5.74) is 14.4. The lowest BCUT2D eigenvalue weighted by molar-refractivity contribution is 0.669. The SMILES string of the molecule is c1ccc(-c2nc(-c3ccccc3)c3c(n2)c2cc(-c4ccc5c(c4)c4cc6c(cc4n5-c4ccccc4)oc4ccccc46)ccc2n3-c2ccccc2)cc1. The van der Waals surface area contributed by atoms with Crippen LogP contribution in [0.5, 0.6) is 0 Å². The lowest BCUT2D eigenvalue weighted by Gasteiger charge is -2.12. The first-order chi connectivity index (χ1) is 28.3. The standard InChI is InChI=1S/C52H32N4O/c1-5-15-33(16-6-1)49-51-50(54-52(53-49)34-17-7-2-8-18-34)43-30-36(26-28-45(43)56(51)38-21-11-4-12-22-38)35-25-27-44-40(29-35)41-31-42-39-23-13-14-24-47(39)57-48(42)32-46(41)55(44)37-19-9-3-10-20-37/h1-32H. The van der Waals surface area contributed by atoms with Crippen LogP contribution in [-0.4, -0.2) is 19.1 Å². The molecule has 5 heteroatoms. The van der Waals surface area contributed by atoms with E-state index in [0.717, 1.165) is 94.2 Å². The summed E-state index contributed by atoms with van der Waals surface area (Å²) in [6.45, 7) is 0. The van der Waals surface area contributed by atoms with E-state index in [1.807, 2.05) is 36.4 Å². The van der Waals surface area contributed by atoms with Crippen molar-refractivity contribution in [3.63, 3.8) is 0 Å². The average Bonchev–Trinajstić information content (AvgIpc) is 3.93. The summed E-state index contributed by atoms with van der Waals surface area (Å²) in [5.74, 6) is 0.702. The number of nitrogens with zero attached hydrogens (tertiary/aromatic N) is 4. The van der Waals surface area contributed by atoms with Crippen LogP contribution in [0.3, 0.4) is 0 Å². The molecule has 0 spiro atoms. The van der Waals surface area contributed by atoms with E-state index >= 15 is 0 Å². The van der Waals surface area contributed by atoms with E-state index in [-0.39, 0.29) is 0 Å². The number of para-hydroxylation sites is 3. The summed E-state index contributed by atoms with van der Waals surface area (Å²) in [6.07, 6.45) is 0. The topological polar surface area (TPSA) is 48.8 Å². The van der Waals surface area contributed by atoms with Gasteiger partial charge in [-0.25, -0.2) is 9.97 Å². The van der Waals surface area contributed by atoms with Crippen molar-refractivity contribution < 1.29 is 4.42 Å². The number of benzene rings is 8. The van der Waals surface area contributed by atoms with E-state index in [1.165, 1.54) is 10.8 Å². The van der Waals surface area contributed by atoms with E-state index < -0.39 is 0 Å². The summed E-state index contributed by atoms with van der Waals surface area (Å²) in [6, 6.07) is 68.4. The Balaban J connectivity index is 1.14. The third kappa shape index (κ3) is 4.89. The zero-order valence-corrected chi connectivity index (χ0v) is 30.7. The molecule has 8 aromatic carbocycles. The number of hydrogen-bond donors (Lipinski definition) is 0. The highest BCUT2D eigenvalue weighted by molar-refractivity contribution is 6.18. The molecular formula is C52H32N4O. The molecule has 0 N–H and O–H groups in total. The van der Waals surface area contributed by atoms with Crippen molar-refractivity contribution in [3.8, 4) is 45.1 Å². The molecule has 266 valence electrons. The fourth-order valence-corrected chi connectivity index (χ4v) is 8.71. The molecule has 4 aromatic heterocycles. The Labute approximate surface area is 327 Å². The van der Waals surface area contributed by atoms with Crippen LogP contribution in [0.1, 0.15) is 0 Å². The molecule has 4 heterocycles. The van der Waals surface area contributed by atoms with Crippen LogP contribution in [0, 0.1) is 0 Å². The van der Waals surface area contributed by atoms with Crippen LogP contribution in [0.2, 0.25) is 0 Å². The first-order valence-electron chi connectivity index (χ1n) is 19.2. The average molecular weight is 729 g/mol. The quantitative estimate of drug-likeness (QED) is 0.177. The van der Waals surface area contributed by atoms with E-state index in [2.05, 4.69) is 167 Å². The van der Waals surface area contributed by atoms with Crippen LogP contribution in [0.25, 0.3) is 111 Å². The molecule has 0 unspecified atom stereocenters. The third-order valence-electron chi connectivity index (χ3n) is 11.3. The zero-order chi connectivity index (χ0) is 37.5. The lowest BCUT2D eigenvalue weighted by atomic mass is 10.0. The van der Waals surface area contributed by atoms with Crippen LogP contribution in [0.4, 0.5) is 0 Å². The van der Waals surface area contributed by atoms with Crippen molar-refractivity contribution >= 4 is 65.7 Å². The second kappa shape index (κ2) is 12.4. The maximum Gasteiger partial charge on any atom is 0.160 e. The highest BCUT2D eigenvalue weighted by Crippen LogP contribution is 2.42. The van der Waals surface area contributed by atoms with Crippen LogP contribution < -0.4 is 0 Å². The molecule has 0 saturated heterocycles. The fourth-order valence-electron chi connectivity index (χ4n) is 8.71. The monoisotopic (exact) mass is 728 g/mol. The normalized spacial score (nSPS) is 11.9. The molecule has 0 amide bonds. The molecule has 0 aliphatic heterocycles. The predicted octanol–water partition coefficient (Wildman–Crippen LogP) is 13.6. The minimum Gasteiger partial charge on any atom is -0.456 e. The molecule has 5 nitrogen and oxygen atoms in total. The fraction of sp³-hybridized carbons (Fsp3) is 0. The van der Waals surface area contributed by atoms with Crippen molar-refractivity contribution in [2.45, 2.75) is 0 Å². The van der Waals surface area contributed by atoms with Gasteiger partial charge in [-0.2, -0.15) is 0 Å². The Bertz CT molecular complexity index is 3490. The Morgan fingerprint density at radius 1 is 0.351 bits per heavy atom. The molecule has 0 atom stereocenters. The van der Waals surface area contributed by atoms with E-state index in [9.17, 15) is 0 Å². The minimum atomic E-state index is 0.702. The van der Waals surface area contributed by atoms with Crippen LogP contribution >= 0.6 is 0 Å². The van der Waals surface area contributed by atoms with Crippen LogP contribution in [0.15, 0.2) is 199 Å². The second-order valence-corrected chi connectivity index (χ2v) is 14.6. The molecule has 0 bridgehead atoms. The molecule has 0 saturated carbocycles. The first kappa shape index (κ1) is 31.6. The van der Waals surface area contributed by atoms with Crippen LogP contribution in [-0.2, 0) is 0 Å².